The monoisotopic (exact) mass is 330 g/mol. The highest BCUT2D eigenvalue weighted by Crippen LogP contribution is 2.52. The molecule has 0 aliphatic carbocycles. The lowest BCUT2D eigenvalue weighted by Crippen LogP contribution is -2.53. The first-order valence-corrected chi connectivity index (χ1v) is 11.5. The maximum absolute atomic E-state index is 7.34. The molecular weight excluding hydrogens is 304 g/mol. The van der Waals surface area contributed by atoms with Crippen molar-refractivity contribution in [2.45, 2.75) is 50.7 Å². The van der Waals surface area contributed by atoms with E-state index in [9.17, 15) is 0 Å². The van der Waals surface area contributed by atoms with Gasteiger partial charge in [-0.05, 0) is 27.6 Å². The van der Waals surface area contributed by atoms with Crippen molar-refractivity contribution < 1.29 is 0 Å². The number of rotatable bonds is 5. The summed E-state index contributed by atoms with van der Waals surface area (Å²) in [6.07, 6.45) is 1.02. The molecule has 2 rings (SSSR count). The second-order valence-corrected chi connectivity index (χ2v) is 14.4. The summed E-state index contributed by atoms with van der Waals surface area (Å²) in [4.78, 5) is 0. The standard InChI is InChI=1S/C20H27ClSi/c1-19(2,16-17-12-8-6-9-13-17)22(5,21)20(3,4)18-14-10-7-11-15-18/h6-15H,16H2,1-5H3. The molecule has 0 aliphatic rings. The smallest absolute Gasteiger partial charge is 0.166 e. The Labute approximate surface area is 141 Å². The fraction of sp³-hybridized carbons (Fsp3) is 0.400. The molecule has 1 unspecified atom stereocenters. The zero-order chi connectivity index (χ0) is 16.4. The van der Waals surface area contributed by atoms with E-state index >= 15 is 0 Å². The first-order valence-electron chi connectivity index (χ1n) is 7.97. The van der Waals surface area contributed by atoms with Crippen LogP contribution >= 0.6 is 11.1 Å². The lowest BCUT2D eigenvalue weighted by Gasteiger charge is -2.48. The van der Waals surface area contributed by atoms with E-state index in [-0.39, 0.29) is 10.1 Å². The highest BCUT2D eigenvalue weighted by atomic mass is 35.6. The van der Waals surface area contributed by atoms with E-state index in [1.165, 1.54) is 11.1 Å². The quantitative estimate of drug-likeness (QED) is 0.443. The van der Waals surface area contributed by atoms with Gasteiger partial charge in [-0.3, -0.25) is 0 Å². The van der Waals surface area contributed by atoms with Gasteiger partial charge in [0.2, 0.25) is 0 Å². The predicted octanol–water partition coefficient (Wildman–Crippen LogP) is 6.34. The van der Waals surface area contributed by atoms with Crippen molar-refractivity contribution >= 4 is 18.5 Å². The van der Waals surface area contributed by atoms with Crippen molar-refractivity contribution in [1.29, 1.82) is 0 Å². The second-order valence-electron chi connectivity index (χ2n) is 7.54. The molecule has 2 aromatic rings. The van der Waals surface area contributed by atoms with Gasteiger partial charge in [0.15, 0.2) is 7.38 Å². The van der Waals surface area contributed by atoms with Crippen LogP contribution in [0.3, 0.4) is 0 Å². The Kier molecular flexibility index (Phi) is 4.89. The number of benzene rings is 2. The van der Waals surface area contributed by atoms with E-state index in [4.69, 9.17) is 11.1 Å². The van der Waals surface area contributed by atoms with Gasteiger partial charge in [0.1, 0.15) is 0 Å². The molecular formula is C20H27ClSi. The van der Waals surface area contributed by atoms with Gasteiger partial charge in [0, 0.05) is 0 Å². The summed E-state index contributed by atoms with van der Waals surface area (Å²) in [7, 11) is -2.11. The Morgan fingerprint density at radius 2 is 1.27 bits per heavy atom. The number of hydrogen-bond donors (Lipinski definition) is 0. The van der Waals surface area contributed by atoms with Crippen LogP contribution in [0.2, 0.25) is 11.6 Å². The molecule has 0 fully saturated rings. The summed E-state index contributed by atoms with van der Waals surface area (Å²) < 4.78 is 0. The minimum absolute atomic E-state index is 0.00803. The van der Waals surface area contributed by atoms with Crippen LogP contribution in [0.1, 0.15) is 38.8 Å². The fourth-order valence-electron chi connectivity index (χ4n) is 3.24. The van der Waals surface area contributed by atoms with Gasteiger partial charge < -0.3 is 0 Å². The first kappa shape index (κ1) is 17.3. The Bertz CT molecular complexity index is 600. The molecule has 0 amide bonds. The summed E-state index contributed by atoms with van der Waals surface area (Å²) in [5.41, 5.74) is 2.72. The van der Waals surface area contributed by atoms with Gasteiger partial charge in [-0.1, -0.05) is 94.9 Å². The third-order valence-electron chi connectivity index (χ3n) is 5.43. The number of hydrogen-bond acceptors (Lipinski definition) is 0. The Morgan fingerprint density at radius 1 is 0.818 bits per heavy atom. The SMILES string of the molecule is CC(C)(Cc1ccccc1)[Si](C)(Cl)C(C)(C)c1ccccc1. The molecule has 0 nitrogen and oxygen atoms in total. The fourth-order valence-corrected chi connectivity index (χ4v) is 6.71. The lowest BCUT2D eigenvalue weighted by atomic mass is 10.0. The van der Waals surface area contributed by atoms with E-state index in [0.29, 0.717) is 0 Å². The molecule has 0 saturated heterocycles. The van der Waals surface area contributed by atoms with Crippen LogP contribution in [-0.4, -0.2) is 7.38 Å². The molecule has 22 heavy (non-hydrogen) atoms. The molecule has 2 aromatic carbocycles. The van der Waals surface area contributed by atoms with Crippen LogP contribution in [0.5, 0.6) is 0 Å². The minimum atomic E-state index is -2.11. The summed E-state index contributed by atoms with van der Waals surface area (Å²) >= 11 is 7.34. The molecule has 2 heteroatoms. The average molecular weight is 331 g/mol. The molecule has 118 valence electrons. The summed E-state index contributed by atoms with van der Waals surface area (Å²) in [6, 6.07) is 21.4. The van der Waals surface area contributed by atoms with Gasteiger partial charge in [0.25, 0.3) is 0 Å². The highest BCUT2D eigenvalue weighted by molar-refractivity contribution is 7.22. The second kappa shape index (κ2) is 6.21. The number of halogens is 1. The van der Waals surface area contributed by atoms with E-state index < -0.39 is 7.38 Å². The van der Waals surface area contributed by atoms with Gasteiger partial charge in [-0.15, -0.1) is 0 Å². The van der Waals surface area contributed by atoms with Crippen molar-refractivity contribution in [2.75, 3.05) is 0 Å². The van der Waals surface area contributed by atoms with Crippen LogP contribution in [-0.2, 0) is 11.5 Å². The molecule has 0 bridgehead atoms. The molecule has 0 heterocycles. The molecule has 1 atom stereocenters. The van der Waals surface area contributed by atoms with E-state index in [2.05, 4.69) is 94.9 Å². The molecule has 0 spiro atoms. The van der Waals surface area contributed by atoms with Gasteiger partial charge in [-0.25, -0.2) is 0 Å². The summed E-state index contributed by atoms with van der Waals surface area (Å²) in [5.74, 6) is 0. The zero-order valence-corrected chi connectivity index (χ0v) is 16.1. The molecule has 0 saturated carbocycles. The van der Waals surface area contributed by atoms with E-state index in [0.717, 1.165) is 6.42 Å². The van der Waals surface area contributed by atoms with Gasteiger partial charge in [-0.2, -0.15) is 11.1 Å². The minimum Gasteiger partial charge on any atom is -0.166 e. The van der Waals surface area contributed by atoms with Crippen LogP contribution < -0.4 is 0 Å². The third-order valence-corrected chi connectivity index (χ3v) is 13.7. The largest absolute Gasteiger partial charge is 0.169 e. The maximum atomic E-state index is 7.34. The van der Waals surface area contributed by atoms with E-state index in [1.807, 2.05) is 0 Å². The molecule has 0 N–H and O–H groups in total. The first-order chi connectivity index (χ1) is 10.2. The highest BCUT2D eigenvalue weighted by Gasteiger charge is 2.53. The normalized spacial score (nSPS) is 15.4. The zero-order valence-electron chi connectivity index (χ0n) is 14.4. The van der Waals surface area contributed by atoms with Gasteiger partial charge in [0.05, 0.1) is 0 Å². The summed E-state index contributed by atoms with van der Waals surface area (Å²) in [5, 5.41) is 0.101. The predicted molar refractivity (Wildman–Crippen MR) is 101 cm³/mol. The van der Waals surface area contributed by atoms with Crippen LogP contribution in [0.25, 0.3) is 0 Å². The van der Waals surface area contributed by atoms with Crippen molar-refractivity contribution in [3.05, 3.63) is 71.8 Å². The Balaban J connectivity index is 2.35. The molecule has 0 aliphatic heterocycles. The van der Waals surface area contributed by atoms with Crippen molar-refractivity contribution in [1.82, 2.24) is 0 Å². The lowest BCUT2D eigenvalue weighted by molar-refractivity contribution is 0.589. The van der Waals surface area contributed by atoms with Crippen LogP contribution in [0.4, 0.5) is 0 Å². The summed E-state index contributed by atoms with van der Waals surface area (Å²) in [6.45, 7) is 11.6. The Morgan fingerprint density at radius 3 is 1.77 bits per heavy atom. The van der Waals surface area contributed by atoms with Crippen LogP contribution in [0.15, 0.2) is 60.7 Å². The molecule has 0 radical (unpaired) electrons. The maximum Gasteiger partial charge on any atom is 0.169 e. The van der Waals surface area contributed by atoms with E-state index in [1.54, 1.807) is 0 Å². The average Bonchev–Trinajstić information content (AvgIpc) is 2.48. The topological polar surface area (TPSA) is 0 Å². The van der Waals surface area contributed by atoms with Crippen molar-refractivity contribution in [2.24, 2.45) is 0 Å². The third kappa shape index (κ3) is 3.16. The molecule has 0 aromatic heterocycles. The Hall–Kier alpha value is -1.05. The van der Waals surface area contributed by atoms with Crippen molar-refractivity contribution in [3.8, 4) is 0 Å². The van der Waals surface area contributed by atoms with Gasteiger partial charge >= 0.3 is 0 Å². The van der Waals surface area contributed by atoms with Crippen molar-refractivity contribution in [3.63, 3.8) is 0 Å². The van der Waals surface area contributed by atoms with Crippen LogP contribution in [0, 0.1) is 0 Å².